The SMILES string of the molecule is Cc1cccc(CN2CCC[C@]3(CCN(C(=O)c4oc(C)cc4C)C3)C2)c1. The van der Waals surface area contributed by atoms with E-state index in [1.54, 1.807) is 0 Å². The van der Waals surface area contributed by atoms with Crippen LogP contribution >= 0.6 is 0 Å². The van der Waals surface area contributed by atoms with Gasteiger partial charge in [-0.3, -0.25) is 9.69 Å². The van der Waals surface area contributed by atoms with Gasteiger partial charge < -0.3 is 9.32 Å². The van der Waals surface area contributed by atoms with Crippen LogP contribution in [0, 0.1) is 26.2 Å². The number of nitrogens with zero attached hydrogens (tertiary/aromatic N) is 2. The Morgan fingerprint density at radius 1 is 1.11 bits per heavy atom. The molecule has 4 nitrogen and oxygen atoms in total. The molecule has 2 aliphatic rings. The van der Waals surface area contributed by atoms with Gasteiger partial charge in [-0.25, -0.2) is 0 Å². The third-order valence-corrected chi connectivity index (χ3v) is 6.19. The van der Waals surface area contributed by atoms with Crippen molar-refractivity contribution < 1.29 is 9.21 Å². The van der Waals surface area contributed by atoms with Crippen LogP contribution in [0.5, 0.6) is 0 Å². The Labute approximate surface area is 162 Å². The lowest BCUT2D eigenvalue weighted by Crippen LogP contribution is -2.45. The second kappa shape index (κ2) is 7.16. The molecule has 4 rings (SSSR count). The highest BCUT2D eigenvalue weighted by Crippen LogP contribution is 2.40. The third kappa shape index (κ3) is 3.81. The number of piperidine rings is 1. The first-order valence-corrected chi connectivity index (χ1v) is 10.1. The molecule has 1 amide bonds. The zero-order valence-corrected chi connectivity index (χ0v) is 16.8. The molecule has 0 saturated carbocycles. The van der Waals surface area contributed by atoms with Crippen LogP contribution in [0.4, 0.5) is 0 Å². The maximum Gasteiger partial charge on any atom is 0.289 e. The van der Waals surface area contributed by atoms with Crippen molar-refractivity contribution in [3.8, 4) is 0 Å². The van der Waals surface area contributed by atoms with Crippen molar-refractivity contribution in [1.82, 2.24) is 9.80 Å². The molecule has 0 unspecified atom stereocenters. The smallest absolute Gasteiger partial charge is 0.289 e. The number of furan rings is 1. The van der Waals surface area contributed by atoms with E-state index in [1.165, 1.54) is 24.0 Å². The van der Waals surface area contributed by atoms with Gasteiger partial charge in [-0.2, -0.15) is 0 Å². The number of hydrogen-bond acceptors (Lipinski definition) is 3. The van der Waals surface area contributed by atoms with Gasteiger partial charge in [-0.1, -0.05) is 29.8 Å². The lowest BCUT2D eigenvalue weighted by Gasteiger charge is -2.40. The molecule has 1 aromatic heterocycles. The summed E-state index contributed by atoms with van der Waals surface area (Å²) in [7, 11) is 0. The summed E-state index contributed by atoms with van der Waals surface area (Å²) < 4.78 is 5.67. The van der Waals surface area contributed by atoms with Crippen LogP contribution in [-0.4, -0.2) is 41.9 Å². The zero-order valence-electron chi connectivity index (χ0n) is 16.8. The molecule has 0 radical (unpaired) electrons. The summed E-state index contributed by atoms with van der Waals surface area (Å²) in [6.07, 6.45) is 3.53. The standard InChI is InChI=1S/C23H30N2O2/c1-17-6-4-7-20(12-17)14-24-10-5-8-23(15-24)9-11-25(16-23)22(26)21-18(2)13-19(3)27-21/h4,6-7,12-13H,5,8-11,14-16H2,1-3H3/t23-/m0/s1. The number of amides is 1. The van der Waals surface area contributed by atoms with E-state index < -0.39 is 0 Å². The minimum atomic E-state index is 0.0632. The molecule has 0 aliphatic carbocycles. The Kier molecular flexibility index (Phi) is 4.85. The van der Waals surface area contributed by atoms with Crippen molar-refractivity contribution in [3.63, 3.8) is 0 Å². The predicted molar refractivity (Wildman–Crippen MR) is 107 cm³/mol. The minimum Gasteiger partial charge on any atom is -0.456 e. The molecule has 3 heterocycles. The average Bonchev–Trinajstić information content (AvgIpc) is 3.17. The summed E-state index contributed by atoms with van der Waals surface area (Å²) in [5, 5.41) is 0. The first-order chi connectivity index (χ1) is 12.9. The van der Waals surface area contributed by atoms with Gasteiger partial charge >= 0.3 is 0 Å². The van der Waals surface area contributed by atoms with Crippen LogP contribution in [0.3, 0.4) is 0 Å². The summed E-state index contributed by atoms with van der Waals surface area (Å²) >= 11 is 0. The van der Waals surface area contributed by atoms with Gasteiger partial charge in [-0.15, -0.1) is 0 Å². The van der Waals surface area contributed by atoms with Crippen LogP contribution in [0.25, 0.3) is 0 Å². The van der Waals surface area contributed by atoms with Gasteiger partial charge in [-0.05, 0) is 58.2 Å². The van der Waals surface area contributed by atoms with Gasteiger partial charge in [0.15, 0.2) is 5.76 Å². The maximum absolute atomic E-state index is 12.9. The monoisotopic (exact) mass is 366 g/mol. The van der Waals surface area contributed by atoms with Gasteiger partial charge in [0.25, 0.3) is 5.91 Å². The van der Waals surface area contributed by atoms with E-state index in [0.29, 0.717) is 5.76 Å². The van der Waals surface area contributed by atoms with E-state index in [2.05, 4.69) is 36.1 Å². The molecule has 4 heteroatoms. The highest BCUT2D eigenvalue weighted by molar-refractivity contribution is 5.93. The fourth-order valence-electron chi connectivity index (χ4n) is 4.95. The van der Waals surface area contributed by atoms with Gasteiger partial charge in [0.05, 0.1) is 0 Å². The van der Waals surface area contributed by atoms with Crippen LogP contribution < -0.4 is 0 Å². The molecule has 2 saturated heterocycles. The van der Waals surface area contributed by atoms with Crippen molar-refractivity contribution in [2.45, 2.75) is 46.6 Å². The molecule has 2 aromatic rings. The first kappa shape index (κ1) is 18.3. The fourth-order valence-corrected chi connectivity index (χ4v) is 4.95. The number of rotatable bonds is 3. The third-order valence-electron chi connectivity index (χ3n) is 6.19. The molecule has 2 aliphatic heterocycles. The van der Waals surface area contributed by atoms with E-state index in [-0.39, 0.29) is 11.3 Å². The number of likely N-dealkylation sites (tertiary alicyclic amines) is 2. The summed E-state index contributed by atoms with van der Waals surface area (Å²) in [5.74, 6) is 1.40. The van der Waals surface area contributed by atoms with Crippen LogP contribution in [0.2, 0.25) is 0 Å². The lowest BCUT2D eigenvalue weighted by molar-refractivity contribution is 0.0649. The highest BCUT2D eigenvalue weighted by atomic mass is 16.4. The van der Waals surface area contributed by atoms with Gasteiger partial charge in [0.1, 0.15) is 5.76 Å². The molecule has 2 fully saturated rings. The normalized spacial score (nSPS) is 23.3. The molecular formula is C23H30N2O2. The summed E-state index contributed by atoms with van der Waals surface area (Å²) in [6.45, 7) is 11.0. The number of carbonyl (C=O) groups excluding carboxylic acids is 1. The van der Waals surface area contributed by atoms with Crippen LogP contribution in [0.1, 0.15) is 52.3 Å². The Morgan fingerprint density at radius 3 is 2.70 bits per heavy atom. The van der Waals surface area contributed by atoms with E-state index in [9.17, 15) is 4.79 Å². The summed E-state index contributed by atoms with van der Waals surface area (Å²) in [5.41, 5.74) is 3.90. The number of benzene rings is 1. The van der Waals surface area contributed by atoms with Gasteiger partial charge in [0, 0.05) is 37.2 Å². The Balaban J connectivity index is 1.43. The van der Waals surface area contributed by atoms with E-state index in [0.717, 1.165) is 50.5 Å². The predicted octanol–water partition coefficient (Wildman–Crippen LogP) is 4.33. The topological polar surface area (TPSA) is 36.7 Å². The second-order valence-corrected chi connectivity index (χ2v) is 8.65. The molecule has 1 aromatic carbocycles. The molecule has 0 N–H and O–H groups in total. The fraction of sp³-hybridized carbons (Fsp3) is 0.522. The quantitative estimate of drug-likeness (QED) is 0.811. The molecule has 1 spiro atoms. The summed E-state index contributed by atoms with van der Waals surface area (Å²) in [6, 6.07) is 10.8. The maximum atomic E-state index is 12.9. The zero-order chi connectivity index (χ0) is 19.0. The van der Waals surface area contributed by atoms with E-state index in [4.69, 9.17) is 4.42 Å². The number of hydrogen-bond donors (Lipinski definition) is 0. The highest BCUT2D eigenvalue weighted by Gasteiger charge is 2.43. The average molecular weight is 367 g/mol. The molecule has 0 bridgehead atoms. The van der Waals surface area contributed by atoms with Crippen molar-refractivity contribution in [2.75, 3.05) is 26.2 Å². The van der Waals surface area contributed by atoms with E-state index in [1.807, 2.05) is 24.8 Å². The van der Waals surface area contributed by atoms with Crippen molar-refractivity contribution in [1.29, 1.82) is 0 Å². The minimum absolute atomic E-state index is 0.0632. The molecule has 1 atom stereocenters. The summed E-state index contributed by atoms with van der Waals surface area (Å²) in [4.78, 5) is 17.5. The molecule has 27 heavy (non-hydrogen) atoms. The van der Waals surface area contributed by atoms with Crippen LogP contribution in [0.15, 0.2) is 34.7 Å². The van der Waals surface area contributed by atoms with Crippen molar-refractivity contribution in [3.05, 3.63) is 58.5 Å². The molecule has 144 valence electrons. The molecular weight excluding hydrogens is 336 g/mol. The Bertz CT molecular complexity index is 841. The second-order valence-electron chi connectivity index (χ2n) is 8.65. The van der Waals surface area contributed by atoms with Gasteiger partial charge in [0.2, 0.25) is 0 Å². The number of aryl methyl sites for hydroxylation is 3. The van der Waals surface area contributed by atoms with Crippen molar-refractivity contribution >= 4 is 5.91 Å². The van der Waals surface area contributed by atoms with Crippen molar-refractivity contribution in [2.24, 2.45) is 5.41 Å². The largest absolute Gasteiger partial charge is 0.456 e. The number of carbonyl (C=O) groups is 1. The van der Waals surface area contributed by atoms with Crippen LogP contribution in [-0.2, 0) is 6.54 Å². The van der Waals surface area contributed by atoms with E-state index >= 15 is 0 Å². The Morgan fingerprint density at radius 2 is 1.96 bits per heavy atom. The Hall–Kier alpha value is -2.07. The first-order valence-electron chi connectivity index (χ1n) is 10.1. The lowest BCUT2D eigenvalue weighted by atomic mass is 9.79.